The van der Waals surface area contributed by atoms with Crippen LogP contribution in [0, 0.1) is 0 Å². The van der Waals surface area contributed by atoms with Crippen molar-refractivity contribution in [2.24, 2.45) is 5.73 Å². The maximum atomic E-state index is 12.6. The van der Waals surface area contributed by atoms with Gasteiger partial charge in [0.2, 0.25) is 5.91 Å². The summed E-state index contributed by atoms with van der Waals surface area (Å²) in [5, 5.41) is 0.447. The third-order valence-corrected chi connectivity index (χ3v) is 3.85. The molecule has 2 amide bonds. The van der Waals surface area contributed by atoms with E-state index in [1.807, 2.05) is 30.3 Å². The van der Waals surface area contributed by atoms with Gasteiger partial charge in [-0.15, -0.1) is 0 Å². The van der Waals surface area contributed by atoms with Crippen LogP contribution >= 0.6 is 23.2 Å². The zero-order valence-electron chi connectivity index (χ0n) is 11.6. The number of halogens is 2. The lowest BCUT2D eigenvalue weighted by Gasteiger charge is -2.22. The summed E-state index contributed by atoms with van der Waals surface area (Å²) in [5.41, 5.74) is 6.37. The number of rotatable bonds is 5. The minimum absolute atomic E-state index is 0.164. The SMILES string of the molecule is NC(=O)CN(Cc1ccccc1)C(=O)c1cccc(Cl)c1Cl. The lowest BCUT2D eigenvalue weighted by Crippen LogP contribution is -2.38. The lowest BCUT2D eigenvalue weighted by atomic mass is 10.1. The van der Waals surface area contributed by atoms with Gasteiger partial charge in [0.1, 0.15) is 0 Å². The van der Waals surface area contributed by atoms with E-state index in [1.165, 1.54) is 4.90 Å². The molecule has 2 rings (SSSR count). The molecule has 2 aromatic carbocycles. The summed E-state index contributed by atoms with van der Waals surface area (Å²) in [7, 11) is 0. The highest BCUT2D eigenvalue weighted by Gasteiger charge is 2.21. The van der Waals surface area contributed by atoms with E-state index in [2.05, 4.69) is 0 Å². The van der Waals surface area contributed by atoms with Gasteiger partial charge in [-0.25, -0.2) is 0 Å². The Bertz CT molecular complexity index is 690. The fourth-order valence-corrected chi connectivity index (χ4v) is 2.41. The average molecular weight is 337 g/mol. The molecule has 0 fully saturated rings. The molecule has 0 heterocycles. The number of nitrogens with zero attached hydrogens (tertiary/aromatic N) is 1. The molecule has 6 heteroatoms. The first-order valence-electron chi connectivity index (χ1n) is 6.54. The highest BCUT2D eigenvalue weighted by molar-refractivity contribution is 6.43. The second-order valence-electron chi connectivity index (χ2n) is 4.71. The summed E-state index contributed by atoms with van der Waals surface area (Å²) in [5.74, 6) is -0.988. The quantitative estimate of drug-likeness (QED) is 0.911. The molecular weight excluding hydrogens is 323 g/mol. The second kappa shape index (κ2) is 7.29. The second-order valence-corrected chi connectivity index (χ2v) is 5.50. The zero-order chi connectivity index (χ0) is 16.1. The molecule has 114 valence electrons. The van der Waals surface area contributed by atoms with E-state index in [4.69, 9.17) is 28.9 Å². The Morgan fingerprint density at radius 1 is 1.00 bits per heavy atom. The number of hydrogen-bond donors (Lipinski definition) is 1. The summed E-state index contributed by atoms with van der Waals surface area (Å²) in [6.07, 6.45) is 0. The number of carbonyl (C=O) groups excluding carboxylic acids is 2. The van der Waals surface area contributed by atoms with Gasteiger partial charge in [0, 0.05) is 6.54 Å². The minimum Gasteiger partial charge on any atom is -0.368 e. The molecule has 2 aromatic rings. The summed E-state index contributed by atoms with van der Waals surface area (Å²) in [4.78, 5) is 25.2. The summed E-state index contributed by atoms with van der Waals surface area (Å²) in [6.45, 7) is 0.0576. The molecule has 0 aliphatic rings. The number of carbonyl (C=O) groups is 2. The van der Waals surface area contributed by atoms with E-state index in [-0.39, 0.29) is 28.7 Å². The Kier molecular flexibility index (Phi) is 5.41. The van der Waals surface area contributed by atoms with Crippen LogP contribution in [0.4, 0.5) is 0 Å². The van der Waals surface area contributed by atoms with Gasteiger partial charge in [-0.3, -0.25) is 9.59 Å². The van der Waals surface area contributed by atoms with E-state index in [1.54, 1.807) is 18.2 Å². The van der Waals surface area contributed by atoms with Crippen molar-refractivity contribution in [2.75, 3.05) is 6.54 Å². The molecule has 0 radical (unpaired) electrons. The Hall–Kier alpha value is -2.04. The number of primary amides is 1. The van der Waals surface area contributed by atoms with E-state index < -0.39 is 11.8 Å². The summed E-state index contributed by atoms with van der Waals surface area (Å²) in [6, 6.07) is 14.1. The first-order chi connectivity index (χ1) is 10.5. The van der Waals surface area contributed by atoms with Gasteiger partial charge in [-0.1, -0.05) is 59.6 Å². The van der Waals surface area contributed by atoms with Crippen LogP contribution in [0.15, 0.2) is 48.5 Å². The average Bonchev–Trinajstić information content (AvgIpc) is 2.49. The molecule has 0 saturated heterocycles. The van der Waals surface area contributed by atoms with Crippen LogP contribution in [-0.4, -0.2) is 23.3 Å². The minimum atomic E-state index is -0.595. The Morgan fingerprint density at radius 3 is 2.32 bits per heavy atom. The third kappa shape index (κ3) is 4.00. The number of amides is 2. The van der Waals surface area contributed by atoms with Crippen LogP contribution in [0.2, 0.25) is 10.0 Å². The molecule has 0 saturated carbocycles. The molecular formula is C16H14Cl2N2O2. The van der Waals surface area contributed by atoms with Crippen molar-refractivity contribution in [3.63, 3.8) is 0 Å². The van der Waals surface area contributed by atoms with Gasteiger partial charge < -0.3 is 10.6 Å². The van der Waals surface area contributed by atoms with Gasteiger partial charge in [-0.2, -0.15) is 0 Å². The van der Waals surface area contributed by atoms with Gasteiger partial charge in [0.25, 0.3) is 5.91 Å². The van der Waals surface area contributed by atoms with Gasteiger partial charge in [0.05, 0.1) is 22.2 Å². The first-order valence-corrected chi connectivity index (χ1v) is 7.30. The fraction of sp³-hybridized carbons (Fsp3) is 0.125. The molecule has 4 nitrogen and oxygen atoms in total. The lowest BCUT2D eigenvalue weighted by molar-refractivity contribution is -0.118. The molecule has 0 aliphatic heterocycles. The molecule has 0 spiro atoms. The smallest absolute Gasteiger partial charge is 0.256 e. The number of nitrogens with two attached hydrogens (primary N) is 1. The van der Waals surface area contributed by atoms with Crippen LogP contribution < -0.4 is 5.73 Å². The highest BCUT2D eigenvalue weighted by atomic mass is 35.5. The highest BCUT2D eigenvalue weighted by Crippen LogP contribution is 2.26. The molecule has 0 aliphatic carbocycles. The van der Waals surface area contributed by atoms with E-state index in [0.29, 0.717) is 0 Å². The van der Waals surface area contributed by atoms with Crippen molar-refractivity contribution in [3.8, 4) is 0 Å². The maximum Gasteiger partial charge on any atom is 0.256 e. The van der Waals surface area contributed by atoms with Crippen LogP contribution in [0.25, 0.3) is 0 Å². The summed E-state index contributed by atoms with van der Waals surface area (Å²) < 4.78 is 0. The van der Waals surface area contributed by atoms with Gasteiger partial charge in [-0.05, 0) is 17.7 Å². The first kappa shape index (κ1) is 16.3. The van der Waals surface area contributed by atoms with Crippen molar-refractivity contribution in [3.05, 3.63) is 69.7 Å². The largest absolute Gasteiger partial charge is 0.368 e. The molecule has 0 bridgehead atoms. The van der Waals surface area contributed by atoms with Gasteiger partial charge >= 0.3 is 0 Å². The topological polar surface area (TPSA) is 63.4 Å². The van der Waals surface area contributed by atoms with E-state index in [9.17, 15) is 9.59 Å². The molecule has 0 aromatic heterocycles. The Labute approximate surface area is 138 Å². The van der Waals surface area contributed by atoms with Crippen molar-refractivity contribution in [1.82, 2.24) is 4.90 Å². The van der Waals surface area contributed by atoms with Crippen LogP contribution in [0.1, 0.15) is 15.9 Å². The molecule has 2 N–H and O–H groups in total. The van der Waals surface area contributed by atoms with E-state index in [0.717, 1.165) is 5.56 Å². The molecule has 0 atom stereocenters. The maximum absolute atomic E-state index is 12.6. The molecule has 22 heavy (non-hydrogen) atoms. The van der Waals surface area contributed by atoms with E-state index >= 15 is 0 Å². The van der Waals surface area contributed by atoms with Crippen LogP contribution in [0.5, 0.6) is 0 Å². The van der Waals surface area contributed by atoms with Crippen LogP contribution in [0.3, 0.4) is 0 Å². The van der Waals surface area contributed by atoms with Crippen molar-refractivity contribution < 1.29 is 9.59 Å². The summed E-state index contributed by atoms with van der Waals surface area (Å²) >= 11 is 12.0. The Balaban J connectivity index is 2.30. The third-order valence-electron chi connectivity index (χ3n) is 3.03. The number of benzene rings is 2. The van der Waals surface area contributed by atoms with Gasteiger partial charge in [0.15, 0.2) is 0 Å². The van der Waals surface area contributed by atoms with Crippen molar-refractivity contribution >= 4 is 35.0 Å². The predicted molar refractivity (Wildman–Crippen MR) is 86.8 cm³/mol. The normalized spacial score (nSPS) is 10.3. The van der Waals surface area contributed by atoms with Crippen LogP contribution in [-0.2, 0) is 11.3 Å². The van der Waals surface area contributed by atoms with Crippen molar-refractivity contribution in [1.29, 1.82) is 0 Å². The Morgan fingerprint density at radius 2 is 1.68 bits per heavy atom. The fourth-order valence-electron chi connectivity index (χ4n) is 2.03. The standard InChI is InChI=1S/C16H14Cl2N2O2/c17-13-8-4-7-12(15(13)18)16(22)20(10-14(19)21)9-11-5-2-1-3-6-11/h1-8H,9-10H2,(H2,19,21). The monoisotopic (exact) mass is 336 g/mol. The van der Waals surface area contributed by atoms with Crippen molar-refractivity contribution in [2.45, 2.75) is 6.54 Å². The molecule has 0 unspecified atom stereocenters. The zero-order valence-corrected chi connectivity index (χ0v) is 13.1. The number of hydrogen-bond acceptors (Lipinski definition) is 2. The predicted octanol–water partition coefficient (Wildman–Crippen LogP) is 3.12.